The van der Waals surface area contributed by atoms with E-state index in [0.29, 0.717) is 0 Å². The van der Waals surface area contributed by atoms with Crippen molar-refractivity contribution in [1.82, 2.24) is 5.32 Å². The van der Waals surface area contributed by atoms with Crippen LogP contribution in [0.15, 0.2) is 29.2 Å². The first-order valence-electron chi connectivity index (χ1n) is 6.63. The zero-order valence-electron chi connectivity index (χ0n) is 12.7. The number of rotatable bonds is 6. The van der Waals surface area contributed by atoms with Crippen LogP contribution in [-0.4, -0.2) is 27.5 Å². The summed E-state index contributed by atoms with van der Waals surface area (Å²) in [5, 5.41) is 8.27. The lowest BCUT2D eigenvalue weighted by atomic mass is 10.0. The highest BCUT2D eigenvalue weighted by molar-refractivity contribution is 7.89. The molecule has 1 rings (SSSR count). The van der Waals surface area contributed by atoms with E-state index in [9.17, 15) is 13.2 Å². The van der Waals surface area contributed by atoms with Crippen molar-refractivity contribution in [2.75, 3.05) is 7.11 Å². The van der Waals surface area contributed by atoms with Crippen LogP contribution >= 0.6 is 0 Å². The van der Waals surface area contributed by atoms with Gasteiger partial charge in [-0.15, -0.1) is 0 Å². The van der Waals surface area contributed by atoms with Crippen LogP contribution in [0.2, 0.25) is 0 Å². The highest BCUT2D eigenvalue weighted by atomic mass is 32.2. The Balaban J connectivity index is 2.98. The molecule has 0 amide bonds. The lowest BCUT2D eigenvalue weighted by Gasteiger charge is -2.24. The van der Waals surface area contributed by atoms with Gasteiger partial charge in [-0.2, -0.15) is 0 Å². The second kappa shape index (κ2) is 7.02. The maximum Gasteiger partial charge on any atom is 0.323 e. The standard InChI is InChI=1S/C14H22N2O4S/c1-9(2)13(14(17)20-4)16-10(3)11-6-5-7-12(8-11)21(15,18)19/h5-10,13,16H,1-4H3,(H2,15,18,19). The minimum absolute atomic E-state index is 0.0429. The minimum atomic E-state index is -3.74. The summed E-state index contributed by atoms with van der Waals surface area (Å²) >= 11 is 0. The average Bonchev–Trinajstić information content (AvgIpc) is 2.42. The van der Waals surface area contributed by atoms with Crippen molar-refractivity contribution in [3.63, 3.8) is 0 Å². The van der Waals surface area contributed by atoms with E-state index in [2.05, 4.69) is 5.32 Å². The molecule has 0 fully saturated rings. The number of methoxy groups -OCH3 is 1. The third-order valence-corrected chi connectivity index (χ3v) is 4.15. The lowest BCUT2D eigenvalue weighted by molar-refractivity contribution is -0.144. The summed E-state index contributed by atoms with van der Waals surface area (Å²) in [6.45, 7) is 5.66. The molecule has 0 saturated heterocycles. The zero-order valence-corrected chi connectivity index (χ0v) is 13.5. The summed E-state index contributed by atoms with van der Waals surface area (Å²) in [5.41, 5.74) is 0.732. The van der Waals surface area contributed by atoms with Gasteiger partial charge in [-0.1, -0.05) is 26.0 Å². The van der Waals surface area contributed by atoms with Crippen LogP contribution in [0.1, 0.15) is 32.4 Å². The molecule has 7 heteroatoms. The fourth-order valence-electron chi connectivity index (χ4n) is 1.99. The van der Waals surface area contributed by atoms with Crippen LogP contribution < -0.4 is 10.5 Å². The number of carbonyl (C=O) groups excluding carboxylic acids is 1. The fraction of sp³-hybridized carbons (Fsp3) is 0.500. The number of carbonyl (C=O) groups is 1. The topological polar surface area (TPSA) is 98.5 Å². The molecule has 0 bridgehead atoms. The summed E-state index contributed by atoms with van der Waals surface area (Å²) in [4.78, 5) is 11.8. The van der Waals surface area contributed by atoms with Crippen LogP contribution in [0, 0.1) is 5.92 Å². The smallest absolute Gasteiger partial charge is 0.323 e. The van der Waals surface area contributed by atoms with Crippen molar-refractivity contribution in [2.45, 2.75) is 37.8 Å². The van der Waals surface area contributed by atoms with E-state index in [-0.39, 0.29) is 22.8 Å². The van der Waals surface area contributed by atoms with Gasteiger partial charge in [-0.25, -0.2) is 13.6 Å². The molecule has 0 aliphatic carbocycles. The molecule has 1 aromatic carbocycles. The molecule has 0 aromatic heterocycles. The van der Waals surface area contributed by atoms with Gasteiger partial charge in [0.25, 0.3) is 0 Å². The number of nitrogens with one attached hydrogen (secondary N) is 1. The summed E-state index contributed by atoms with van der Waals surface area (Å²) in [6.07, 6.45) is 0. The molecule has 3 N–H and O–H groups in total. The van der Waals surface area contributed by atoms with Gasteiger partial charge in [0.05, 0.1) is 12.0 Å². The van der Waals surface area contributed by atoms with Crippen LogP contribution in [0.4, 0.5) is 0 Å². The fourth-order valence-corrected chi connectivity index (χ4v) is 2.55. The van der Waals surface area contributed by atoms with E-state index >= 15 is 0 Å². The normalized spacial score (nSPS) is 14.8. The Morgan fingerprint density at radius 1 is 1.29 bits per heavy atom. The number of sulfonamides is 1. The van der Waals surface area contributed by atoms with Crippen molar-refractivity contribution < 1.29 is 17.9 Å². The molecule has 0 saturated carbocycles. The van der Waals surface area contributed by atoms with E-state index in [0.717, 1.165) is 5.56 Å². The SMILES string of the molecule is COC(=O)C(NC(C)c1cccc(S(N)(=O)=O)c1)C(C)C. The largest absolute Gasteiger partial charge is 0.468 e. The molecular weight excluding hydrogens is 292 g/mol. The highest BCUT2D eigenvalue weighted by Gasteiger charge is 2.25. The molecule has 21 heavy (non-hydrogen) atoms. The van der Waals surface area contributed by atoms with Crippen molar-refractivity contribution in [2.24, 2.45) is 11.1 Å². The van der Waals surface area contributed by atoms with Gasteiger partial charge in [0.2, 0.25) is 10.0 Å². The molecule has 0 aliphatic heterocycles. The number of hydrogen-bond acceptors (Lipinski definition) is 5. The molecule has 2 unspecified atom stereocenters. The van der Waals surface area contributed by atoms with E-state index in [1.165, 1.54) is 19.2 Å². The molecule has 0 heterocycles. The third kappa shape index (κ3) is 4.80. The summed E-state index contributed by atoms with van der Waals surface area (Å²) < 4.78 is 27.5. The Morgan fingerprint density at radius 3 is 2.38 bits per heavy atom. The van der Waals surface area contributed by atoms with Crippen molar-refractivity contribution in [1.29, 1.82) is 0 Å². The number of primary sulfonamides is 1. The predicted octanol–water partition coefficient (Wildman–Crippen LogP) is 1.18. The second-order valence-corrected chi connectivity index (χ2v) is 6.81. The number of benzene rings is 1. The van der Waals surface area contributed by atoms with Gasteiger partial charge in [0.1, 0.15) is 6.04 Å². The Bertz CT molecular complexity index is 599. The van der Waals surface area contributed by atoms with Crippen LogP contribution in [-0.2, 0) is 19.6 Å². The van der Waals surface area contributed by atoms with Gasteiger partial charge in [-0.3, -0.25) is 10.1 Å². The molecule has 118 valence electrons. The first-order valence-corrected chi connectivity index (χ1v) is 8.18. The Kier molecular flexibility index (Phi) is 5.88. The molecule has 0 spiro atoms. The van der Waals surface area contributed by atoms with Crippen molar-refractivity contribution >= 4 is 16.0 Å². The van der Waals surface area contributed by atoms with Gasteiger partial charge >= 0.3 is 5.97 Å². The Morgan fingerprint density at radius 2 is 1.90 bits per heavy atom. The second-order valence-electron chi connectivity index (χ2n) is 5.25. The first-order chi connectivity index (χ1) is 9.66. The molecule has 6 nitrogen and oxygen atoms in total. The monoisotopic (exact) mass is 314 g/mol. The van der Waals surface area contributed by atoms with Gasteiger partial charge < -0.3 is 4.74 Å². The van der Waals surface area contributed by atoms with Crippen molar-refractivity contribution in [3.8, 4) is 0 Å². The van der Waals surface area contributed by atoms with E-state index in [4.69, 9.17) is 9.88 Å². The molecule has 0 radical (unpaired) electrons. The molecule has 2 atom stereocenters. The van der Waals surface area contributed by atoms with Gasteiger partial charge in [0, 0.05) is 6.04 Å². The van der Waals surface area contributed by atoms with Gasteiger partial charge in [-0.05, 0) is 30.5 Å². The van der Waals surface area contributed by atoms with Crippen LogP contribution in [0.5, 0.6) is 0 Å². The Labute approximate surface area is 125 Å². The zero-order chi connectivity index (χ0) is 16.2. The predicted molar refractivity (Wildman–Crippen MR) is 80.0 cm³/mol. The van der Waals surface area contributed by atoms with E-state index < -0.39 is 16.1 Å². The molecule has 0 aliphatic rings. The van der Waals surface area contributed by atoms with Crippen LogP contribution in [0.25, 0.3) is 0 Å². The number of esters is 1. The van der Waals surface area contributed by atoms with Gasteiger partial charge in [0.15, 0.2) is 0 Å². The van der Waals surface area contributed by atoms with Crippen LogP contribution in [0.3, 0.4) is 0 Å². The van der Waals surface area contributed by atoms with E-state index in [1.54, 1.807) is 12.1 Å². The number of hydrogen-bond donors (Lipinski definition) is 2. The summed E-state index contributed by atoms with van der Waals surface area (Å²) in [5.74, 6) is -0.305. The number of ether oxygens (including phenoxy) is 1. The maximum atomic E-state index is 11.7. The quantitative estimate of drug-likeness (QED) is 0.768. The minimum Gasteiger partial charge on any atom is -0.468 e. The molecule has 1 aromatic rings. The third-order valence-electron chi connectivity index (χ3n) is 3.24. The van der Waals surface area contributed by atoms with Crippen molar-refractivity contribution in [3.05, 3.63) is 29.8 Å². The maximum absolute atomic E-state index is 11.7. The average molecular weight is 314 g/mol. The summed E-state index contributed by atoms with van der Waals surface area (Å²) in [6, 6.07) is 5.64. The summed E-state index contributed by atoms with van der Waals surface area (Å²) in [7, 11) is -2.41. The highest BCUT2D eigenvalue weighted by Crippen LogP contribution is 2.18. The molecular formula is C14H22N2O4S. The lowest BCUT2D eigenvalue weighted by Crippen LogP contribution is -2.43. The van der Waals surface area contributed by atoms with E-state index in [1.807, 2.05) is 20.8 Å². The first kappa shape index (κ1) is 17.6. The Hall–Kier alpha value is -1.44. The number of nitrogens with two attached hydrogens (primary N) is 1.